The summed E-state index contributed by atoms with van der Waals surface area (Å²) in [6.07, 6.45) is 2.77. The Morgan fingerprint density at radius 3 is 2.27 bits per heavy atom. The predicted molar refractivity (Wildman–Crippen MR) is 157 cm³/mol. The summed E-state index contributed by atoms with van der Waals surface area (Å²) in [5.41, 5.74) is 1.47. The molecule has 0 saturated heterocycles. The van der Waals surface area contributed by atoms with E-state index in [1.54, 1.807) is 12.1 Å². The number of carbonyl (C=O) groups is 2. The minimum absolute atomic E-state index is 0.0748. The van der Waals surface area contributed by atoms with Crippen molar-refractivity contribution in [3.05, 3.63) is 99.8 Å². The van der Waals surface area contributed by atoms with Crippen molar-refractivity contribution in [1.82, 2.24) is 10.2 Å². The van der Waals surface area contributed by atoms with Crippen LogP contribution in [-0.2, 0) is 32.6 Å². The number of halogens is 3. The van der Waals surface area contributed by atoms with Crippen molar-refractivity contribution in [1.29, 1.82) is 0 Å². The van der Waals surface area contributed by atoms with E-state index in [4.69, 9.17) is 23.2 Å². The molecule has 214 valence electrons. The van der Waals surface area contributed by atoms with Gasteiger partial charge >= 0.3 is 0 Å². The maximum atomic E-state index is 14.0. The van der Waals surface area contributed by atoms with Crippen LogP contribution in [-0.4, -0.2) is 50.5 Å². The molecule has 0 heterocycles. The van der Waals surface area contributed by atoms with E-state index >= 15 is 0 Å². The zero-order chi connectivity index (χ0) is 29.3. The van der Waals surface area contributed by atoms with Gasteiger partial charge in [-0.15, -0.1) is 0 Å². The van der Waals surface area contributed by atoms with Crippen molar-refractivity contribution in [2.24, 2.45) is 0 Å². The molecule has 0 radical (unpaired) electrons. The van der Waals surface area contributed by atoms with Gasteiger partial charge in [-0.05, 0) is 53.9 Å². The molecule has 3 aromatic rings. The quantitative estimate of drug-likeness (QED) is 0.262. The van der Waals surface area contributed by atoms with Gasteiger partial charge in [0.2, 0.25) is 21.8 Å². The van der Waals surface area contributed by atoms with E-state index in [2.05, 4.69) is 5.32 Å². The van der Waals surface area contributed by atoms with Crippen molar-refractivity contribution in [3.63, 3.8) is 0 Å². The molecule has 0 saturated carbocycles. The van der Waals surface area contributed by atoms with Crippen LogP contribution in [0.1, 0.15) is 30.9 Å². The molecule has 0 spiro atoms. The monoisotopic (exact) mass is 607 g/mol. The van der Waals surface area contributed by atoms with Crippen molar-refractivity contribution in [3.8, 4) is 0 Å². The van der Waals surface area contributed by atoms with Gasteiger partial charge in [0.1, 0.15) is 18.4 Å². The van der Waals surface area contributed by atoms with Crippen molar-refractivity contribution in [2.75, 3.05) is 23.7 Å². The number of rotatable bonds is 13. The molecule has 3 aromatic carbocycles. The second-order valence-corrected chi connectivity index (χ2v) is 12.1. The smallest absolute Gasteiger partial charge is 0.244 e. The van der Waals surface area contributed by atoms with Crippen LogP contribution >= 0.6 is 23.2 Å². The second-order valence-electron chi connectivity index (χ2n) is 9.35. The fourth-order valence-electron chi connectivity index (χ4n) is 4.11. The first-order chi connectivity index (χ1) is 19.0. The molecule has 0 bridgehead atoms. The minimum atomic E-state index is -3.95. The van der Waals surface area contributed by atoms with E-state index in [-0.39, 0.29) is 24.6 Å². The van der Waals surface area contributed by atoms with E-state index < -0.39 is 34.3 Å². The number of benzene rings is 3. The first-order valence-electron chi connectivity index (χ1n) is 12.8. The lowest BCUT2D eigenvalue weighted by Crippen LogP contribution is -2.53. The fraction of sp³-hybridized carbons (Fsp3) is 0.310. The molecule has 0 fully saturated rings. The van der Waals surface area contributed by atoms with Gasteiger partial charge in [-0.2, -0.15) is 0 Å². The molecule has 1 unspecified atom stereocenters. The van der Waals surface area contributed by atoms with Crippen LogP contribution in [0.4, 0.5) is 10.1 Å². The Balaban J connectivity index is 2.05. The number of amides is 2. The summed E-state index contributed by atoms with van der Waals surface area (Å²) >= 11 is 12.5. The van der Waals surface area contributed by atoms with E-state index in [9.17, 15) is 22.4 Å². The first-order valence-corrected chi connectivity index (χ1v) is 15.4. The van der Waals surface area contributed by atoms with Crippen LogP contribution in [0, 0.1) is 5.82 Å². The number of hydrogen-bond acceptors (Lipinski definition) is 4. The zero-order valence-corrected chi connectivity index (χ0v) is 24.6. The standard InChI is InChI=1S/C29H32Cl2FN3O4S/c1-3-4-16-33-29(37)27(17-21-8-6-5-7-9-21)34(19-22-10-11-23(30)18-26(22)31)28(36)20-35(40(2,38)39)25-14-12-24(32)13-15-25/h5-15,18,27H,3-4,16-17,19-20H2,1-2H3,(H,33,37). The summed E-state index contributed by atoms with van der Waals surface area (Å²) in [6.45, 7) is 1.74. The molecular weight excluding hydrogens is 576 g/mol. The highest BCUT2D eigenvalue weighted by Gasteiger charge is 2.33. The number of unbranched alkanes of at least 4 members (excludes halogenated alkanes) is 1. The Labute approximate surface area is 244 Å². The Kier molecular flexibility index (Phi) is 11.4. The minimum Gasteiger partial charge on any atom is -0.354 e. The fourth-order valence-corrected chi connectivity index (χ4v) is 5.43. The molecule has 0 aliphatic heterocycles. The second kappa shape index (κ2) is 14.5. The molecule has 7 nitrogen and oxygen atoms in total. The number of carbonyl (C=O) groups excluding carboxylic acids is 2. The molecule has 11 heteroatoms. The number of sulfonamides is 1. The summed E-state index contributed by atoms with van der Waals surface area (Å²) in [5.74, 6) is -1.55. The normalized spacial score (nSPS) is 12.0. The zero-order valence-electron chi connectivity index (χ0n) is 22.3. The molecule has 0 aliphatic carbocycles. The highest BCUT2D eigenvalue weighted by molar-refractivity contribution is 7.92. The first kappa shape index (κ1) is 31.4. The van der Waals surface area contributed by atoms with Crippen LogP contribution in [0.15, 0.2) is 72.8 Å². The molecule has 2 amide bonds. The number of nitrogens with zero attached hydrogens (tertiary/aromatic N) is 2. The summed E-state index contributed by atoms with van der Waals surface area (Å²) in [7, 11) is -3.95. The van der Waals surface area contributed by atoms with E-state index in [1.807, 2.05) is 37.3 Å². The van der Waals surface area contributed by atoms with Crippen LogP contribution < -0.4 is 9.62 Å². The lowest BCUT2D eigenvalue weighted by atomic mass is 10.0. The average Bonchev–Trinajstić information content (AvgIpc) is 2.91. The van der Waals surface area contributed by atoms with Gasteiger partial charge in [0.05, 0.1) is 11.9 Å². The number of anilines is 1. The molecule has 1 N–H and O–H groups in total. The van der Waals surface area contributed by atoms with Crippen LogP contribution in [0.2, 0.25) is 10.0 Å². The average molecular weight is 609 g/mol. The Bertz CT molecular complexity index is 1410. The van der Waals surface area contributed by atoms with E-state index in [0.29, 0.717) is 22.2 Å². The number of hydrogen-bond donors (Lipinski definition) is 1. The summed E-state index contributed by atoms with van der Waals surface area (Å²) < 4.78 is 39.9. The van der Waals surface area contributed by atoms with E-state index in [0.717, 1.165) is 41.1 Å². The molecule has 40 heavy (non-hydrogen) atoms. The molecule has 1 atom stereocenters. The van der Waals surface area contributed by atoms with Crippen molar-refractivity contribution in [2.45, 2.75) is 38.8 Å². The highest BCUT2D eigenvalue weighted by atomic mass is 35.5. The maximum Gasteiger partial charge on any atom is 0.244 e. The van der Waals surface area contributed by atoms with Gasteiger partial charge in [-0.1, -0.05) is 72.9 Å². The molecule has 3 rings (SSSR count). The van der Waals surface area contributed by atoms with Crippen LogP contribution in [0.25, 0.3) is 0 Å². The van der Waals surface area contributed by atoms with Gasteiger partial charge in [0.25, 0.3) is 0 Å². The molecule has 0 aromatic heterocycles. The lowest BCUT2D eigenvalue weighted by Gasteiger charge is -2.33. The molecular formula is C29H32Cl2FN3O4S. The van der Waals surface area contributed by atoms with Gasteiger partial charge < -0.3 is 10.2 Å². The topological polar surface area (TPSA) is 86.8 Å². The third-order valence-electron chi connectivity index (χ3n) is 6.25. The van der Waals surface area contributed by atoms with Crippen molar-refractivity contribution >= 4 is 50.7 Å². The van der Waals surface area contributed by atoms with Crippen LogP contribution in [0.3, 0.4) is 0 Å². The third-order valence-corrected chi connectivity index (χ3v) is 7.98. The molecule has 0 aliphatic rings. The maximum absolute atomic E-state index is 14.0. The third kappa shape index (κ3) is 8.94. The van der Waals surface area contributed by atoms with Gasteiger partial charge in [-0.3, -0.25) is 13.9 Å². The Morgan fingerprint density at radius 2 is 1.68 bits per heavy atom. The number of nitrogens with one attached hydrogen (secondary N) is 1. The Hall–Kier alpha value is -3.14. The van der Waals surface area contributed by atoms with Gasteiger partial charge in [-0.25, -0.2) is 12.8 Å². The predicted octanol–water partition coefficient (Wildman–Crippen LogP) is 5.45. The summed E-state index contributed by atoms with van der Waals surface area (Å²) in [6, 6.07) is 17.9. The van der Waals surface area contributed by atoms with Crippen molar-refractivity contribution < 1.29 is 22.4 Å². The van der Waals surface area contributed by atoms with Crippen LogP contribution in [0.5, 0.6) is 0 Å². The lowest BCUT2D eigenvalue weighted by molar-refractivity contribution is -0.140. The summed E-state index contributed by atoms with van der Waals surface area (Å²) in [4.78, 5) is 28.9. The van der Waals surface area contributed by atoms with Gasteiger partial charge in [0, 0.05) is 29.6 Å². The van der Waals surface area contributed by atoms with E-state index in [1.165, 1.54) is 23.1 Å². The summed E-state index contributed by atoms with van der Waals surface area (Å²) in [5, 5.41) is 3.62. The highest BCUT2D eigenvalue weighted by Crippen LogP contribution is 2.25. The Morgan fingerprint density at radius 1 is 1.00 bits per heavy atom. The van der Waals surface area contributed by atoms with Gasteiger partial charge in [0.15, 0.2) is 0 Å². The SMILES string of the molecule is CCCCNC(=O)C(Cc1ccccc1)N(Cc1ccc(Cl)cc1Cl)C(=O)CN(c1ccc(F)cc1)S(C)(=O)=O. The largest absolute Gasteiger partial charge is 0.354 e.